The molecule has 0 spiro atoms. The molecule has 0 saturated carbocycles. The first-order chi connectivity index (χ1) is 14.2. The summed E-state index contributed by atoms with van der Waals surface area (Å²) >= 11 is 0. The zero-order valence-electron chi connectivity index (χ0n) is 19.1. The van der Waals surface area contributed by atoms with Gasteiger partial charge >= 0.3 is 0 Å². The highest BCUT2D eigenvalue weighted by Crippen LogP contribution is 2.21. The van der Waals surface area contributed by atoms with E-state index in [1.807, 2.05) is 0 Å². The standard InChI is InChI=1S/C22H39N5O2.HI/c1-5-23-22(24-9-10-27-13-11-26(6-2)12-14-27)25-18-20-8-7-19(3)17-21(20)29-16-15-28-4;/h7-8,17H,5-6,9-16,18H2,1-4H3,(H2,23,24,25);1H. The normalized spacial score (nSPS) is 15.5. The van der Waals surface area contributed by atoms with Gasteiger partial charge in [-0.1, -0.05) is 19.1 Å². The molecule has 1 aliphatic heterocycles. The fourth-order valence-corrected chi connectivity index (χ4v) is 3.33. The summed E-state index contributed by atoms with van der Waals surface area (Å²) in [5, 5.41) is 6.81. The van der Waals surface area contributed by atoms with E-state index in [1.165, 1.54) is 18.7 Å². The third kappa shape index (κ3) is 9.80. The molecule has 0 radical (unpaired) electrons. The molecule has 1 saturated heterocycles. The summed E-state index contributed by atoms with van der Waals surface area (Å²) in [4.78, 5) is 9.79. The van der Waals surface area contributed by atoms with Crippen LogP contribution in [-0.4, -0.2) is 88.4 Å². The minimum absolute atomic E-state index is 0. The number of nitrogens with zero attached hydrogens (tertiary/aromatic N) is 3. The van der Waals surface area contributed by atoms with Gasteiger partial charge in [0, 0.05) is 58.5 Å². The summed E-state index contributed by atoms with van der Waals surface area (Å²) in [7, 11) is 1.68. The van der Waals surface area contributed by atoms with Crippen molar-refractivity contribution in [1.29, 1.82) is 0 Å². The van der Waals surface area contributed by atoms with Crippen molar-refractivity contribution in [2.24, 2.45) is 4.99 Å². The van der Waals surface area contributed by atoms with Crippen molar-refractivity contribution in [3.63, 3.8) is 0 Å². The number of aryl methyl sites for hydroxylation is 1. The Labute approximate surface area is 199 Å². The summed E-state index contributed by atoms with van der Waals surface area (Å²) in [6.07, 6.45) is 0. The molecule has 1 aromatic rings. The van der Waals surface area contributed by atoms with Crippen LogP contribution in [0.15, 0.2) is 23.2 Å². The number of ether oxygens (including phenoxy) is 2. The van der Waals surface area contributed by atoms with Gasteiger partial charge in [-0.15, -0.1) is 24.0 Å². The Hall–Kier alpha value is -1.10. The van der Waals surface area contributed by atoms with Crippen LogP contribution in [0.4, 0.5) is 0 Å². The number of nitrogens with one attached hydrogen (secondary N) is 2. The molecule has 0 unspecified atom stereocenters. The largest absolute Gasteiger partial charge is 0.491 e. The molecule has 172 valence electrons. The van der Waals surface area contributed by atoms with Crippen molar-refractivity contribution in [2.75, 3.05) is 72.7 Å². The second-order valence-electron chi connectivity index (χ2n) is 7.35. The predicted molar refractivity (Wildman–Crippen MR) is 135 cm³/mol. The molecule has 1 heterocycles. The maximum absolute atomic E-state index is 5.88. The van der Waals surface area contributed by atoms with Crippen LogP contribution >= 0.6 is 24.0 Å². The van der Waals surface area contributed by atoms with Crippen LogP contribution in [0.2, 0.25) is 0 Å². The van der Waals surface area contributed by atoms with Crippen molar-refractivity contribution in [3.05, 3.63) is 29.3 Å². The van der Waals surface area contributed by atoms with E-state index in [9.17, 15) is 0 Å². The SMILES string of the molecule is CCNC(=NCc1ccc(C)cc1OCCOC)NCCN1CCN(CC)CC1.I. The Kier molecular flexibility index (Phi) is 14.1. The van der Waals surface area contributed by atoms with Gasteiger partial charge in [0.1, 0.15) is 12.4 Å². The van der Waals surface area contributed by atoms with Gasteiger partial charge < -0.3 is 25.0 Å². The summed E-state index contributed by atoms with van der Waals surface area (Å²) in [6.45, 7) is 16.7. The van der Waals surface area contributed by atoms with Crippen LogP contribution in [0, 0.1) is 6.92 Å². The third-order valence-corrected chi connectivity index (χ3v) is 5.15. The van der Waals surface area contributed by atoms with Crippen molar-refractivity contribution in [1.82, 2.24) is 20.4 Å². The summed E-state index contributed by atoms with van der Waals surface area (Å²) < 4.78 is 11.0. The first-order valence-corrected chi connectivity index (χ1v) is 10.8. The zero-order chi connectivity index (χ0) is 20.9. The molecule has 1 aliphatic rings. The molecule has 1 fully saturated rings. The lowest BCUT2D eigenvalue weighted by molar-refractivity contribution is 0.139. The lowest BCUT2D eigenvalue weighted by Gasteiger charge is -2.34. The molecule has 0 aromatic heterocycles. The van der Waals surface area contributed by atoms with Gasteiger partial charge in [-0.05, 0) is 32.0 Å². The number of hydrogen-bond donors (Lipinski definition) is 2. The first-order valence-electron chi connectivity index (χ1n) is 10.8. The number of likely N-dealkylation sites (N-methyl/N-ethyl adjacent to an activating group) is 1. The first kappa shape index (κ1) is 26.9. The minimum Gasteiger partial charge on any atom is -0.491 e. The highest BCUT2D eigenvalue weighted by molar-refractivity contribution is 14.0. The van der Waals surface area contributed by atoms with E-state index in [0.717, 1.165) is 56.5 Å². The quantitative estimate of drug-likeness (QED) is 0.197. The second kappa shape index (κ2) is 15.7. The lowest BCUT2D eigenvalue weighted by Crippen LogP contribution is -2.49. The number of guanidine groups is 1. The highest BCUT2D eigenvalue weighted by Gasteiger charge is 2.14. The molecule has 2 rings (SSSR count). The Bertz CT molecular complexity index is 622. The Morgan fingerprint density at radius 2 is 1.80 bits per heavy atom. The smallest absolute Gasteiger partial charge is 0.191 e. The summed E-state index contributed by atoms with van der Waals surface area (Å²) in [5.41, 5.74) is 2.26. The number of halogens is 1. The molecule has 1 aromatic carbocycles. The molecular weight excluding hydrogens is 493 g/mol. The molecule has 30 heavy (non-hydrogen) atoms. The number of aliphatic imine (C=N–C) groups is 1. The van der Waals surface area contributed by atoms with Gasteiger partial charge in [-0.3, -0.25) is 4.90 Å². The Morgan fingerprint density at radius 1 is 1.07 bits per heavy atom. The van der Waals surface area contributed by atoms with E-state index in [0.29, 0.717) is 19.8 Å². The van der Waals surface area contributed by atoms with Gasteiger partial charge in [0.15, 0.2) is 5.96 Å². The van der Waals surface area contributed by atoms with Crippen LogP contribution in [0.1, 0.15) is 25.0 Å². The van der Waals surface area contributed by atoms with Crippen LogP contribution < -0.4 is 15.4 Å². The van der Waals surface area contributed by atoms with Gasteiger partial charge in [-0.2, -0.15) is 0 Å². The van der Waals surface area contributed by atoms with Crippen LogP contribution in [0.3, 0.4) is 0 Å². The van der Waals surface area contributed by atoms with Crippen molar-refractivity contribution in [2.45, 2.75) is 27.3 Å². The molecule has 0 amide bonds. The minimum atomic E-state index is 0. The average Bonchev–Trinajstić information content (AvgIpc) is 2.73. The fourth-order valence-electron chi connectivity index (χ4n) is 3.33. The second-order valence-corrected chi connectivity index (χ2v) is 7.35. The summed E-state index contributed by atoms with van der Waals surface area (Å²) in [6, 6.07) is 6.26. The zero-order valence-corrected chi connectivity index (χ0v) is 21.4. The van der Waals surface area contributed by atoms with Crippen LogP contribution in [0.5, 0.6) is 5.75 Å². The van der Waals surface area contributed by atoms with Crippen LogP contribution in [-0.2, 0) is 11.3 Å². The Balaban J connectivity index is 0.00000450. The van der Waals surface area contributed by atoms with Crippen LogP contribution in [0.25, 0.3) is 0 Å². The van der Waals surface area contributed by atoms with E-state index in [2.05, 4.69) is 59.4 Å². The third-order valence-electron chi connectivity index (χ3n) is 5.15. The highest BCUT2D eigenvalue weighted by atomic mass is 127. The van der Waals surface area contributed by atoms with Gasteiger partial charge in [0.2, 0.25) is 0 Å². The maximum Gasteiger partial charge on any atom is 0.191 e. The van der Waals surface area contributed by atoms with E-state index >= 15 is 0 Å². The molecule has 0 bridgehead atoms. The molecule has 0 aliphatic carbocycles. The molecule has 8 heteroatoms. The maximum atomic E-state index is 5.88. The van der Waals surface area contributed by atoms with Gasteiger partial charge in [0.25, 0.3) is 0 Å². The monoisotopic (exact) mass is 533 g/mol. The molecule has 0 atom stereocenters. The average molecular weight is 533 g/mol. The molecule has 7 nitrogen and oxygen atoms in total. The van der Waals surface area contributed by atoms with Crippen molar-refractivity contribution < 1.29 is 9.47 Å². The van der Waals surface area contributed by atoms with Crippen molar-refractivity contribution in [3.8, 4) is 5.75 Å². The lowest BCUT2D eigenvalue weighted by atomic mass is 10.1. The number of piperazine rings is 1. The number of benzene rings is 1. The van der Waals surface area contributed by atoms with E-state index in [-0.39, 0.29) is 24.0 Å². The van der Waals surface area contributed by atoms with Crippen molar-refractivity contribution >= 4 is 29.9 Å². The number of hydrogen-bond acceptors (Lipinski definition) is 5. The summed E-state index contributed by atoms with van der Waals surface area (Å²) in [5.74, 6) is 1.73. The Morgan fingerprint density at radius 3 is 2.47 bits per heavy atom. The van der Waals surface area contributed by atoms with E-state index in [1.54, 1.807) is 7.11 Å². The molecule has 2 N–H and O–H groups in total. The molecular formula is C22H40IN5O2. The van der Waals surface area contributed by atoms with Gasteiger partial charge in [0.05, 0.1) is 13.2 Å². The van der Waals surface area contributed by atoms with E-state index in [4.69, 9.17) is 14.5 Å². The number of rotatable bonds is 11. The van der Waals surface area contributed by atoms with E-state index < -0.39 is 0 Å². The predicted octanol–water partition coefficient (Wildman–Crippen LogP) is 2.33. The number of methoxy groups -OCH3 is 1. The van der Waals surface area contributed by atoms with Gasteiger partial charge in [-0.25, -0.2) is 4.99 Å². The topological polar surface area (TPSA) is 61.4 Å². The fraction of sp³-hybridized carbons (Fsp3) is 0.682.